The van der Waals surface area contributed by atoms with E-state index in [0.29, 0.717) is 17.1 Å². The van der Waals surface area contributed by atoms with Gasteiger partial charge in [-0.1, -0.05) is 30.3 Å². The molecule has 0 unspecified atom stereocenters. The lowest BCUT2D eigenvalue weighted by molar-refractivity contribution is -0.385. The van der Waals surface area contributed by atoms with E-state index in [1.165, 1.54) is 20.3 Å². The number of benzene rings is 2. The zero-order chi connectivity index (χ0) is 14.5. The Bertz CT molecular complexity index is 611. The Hall–Kier alpha value is -2.56. The normalized spacial score (nSPS) is 10.1. The number of ether oxygens (including phenoxy) is 2. The first-order valence-corrected chi connectivity index (χ1v) is 5.96. The molecule has 1 radical (unpaired) electrons. The molecular formula is C15H14NO4. The van der Waals surface area contributed by atoms with Gasteiger partial charge in [0.05, 0.1) is 25.2 Å². The number of hydrogen-bond acceptors (Lipinski definition) is 4. The summed E-state index contributed by atoms with van der Waals surface area (Å²) in [5.41, 5.74) is 1.33. The molecule has 103 valence electrons. The van der Waals surface area contributed by atoms with Gasteiger partial charge in [-0.15, -0.1) is 0 Å². The Kier molecular flexibility index (Phi) is 4.20. The molecule has 2 aromatic carbocycles. The Morgan fingerprint density at radius 2 is 1.65 bits per heavy atom. The maximum atomic E-state index is 11.2. The predicted molar refractivity (Wildman–Crippen MR) is 75.1 cm³/mol. The molecule has 0 heterocycles. The number of nitro groups is 1. The van der Waals surface area contributed by atoms with Gasteiger partial charge in [0.2, 0.25) is 0 Å². The molecular weight excluding hydrogens is 258 g/mol. The fourth-order valence-electron chi connectivity index (χ4n) is 1.89. The van der Waals surface area contributed by atoms with Crippen LogP contribution in [0.25, 0.3) is 0 Å². The molecule has 5 nitrogen and oxygen atoms in total. The third kappa shape index (κ3) is 2.88. The lowest BCUT2D eigenvalue weighted by Gasteiger charge is -2.10. The standard InChI is InChI=1S/C15H14NO4/c1-19-14-9-12(8-11-6-4-3-5-7-11)13(16(17)18)10-15(14)20-2/h3-10H,1-2H3. The summed E-state index contributed by atoms with van der Waals surface area (Å²) < 4.78 is 10.3. The molecule has 0 aromatic heterocycles. The highest BCUT2D eigenvalue weighted by molar-refractivity contribution is 5.59. The summed E-state index contributed by atoms with van der Waals surface area (Å²) in [6.45, 7) is 0. The molecule has 0 atom stereocenters. The van der Waals surface area contributed by atoms with Crippen molar-refractivity contribution in [3.8, 4) is 11.5 Å². The summed E-state index contributed by atoms with van der Waals surface area (Å²) in [5, 5.41) is 11.2. The average Bonchev–Trinajstić information content (AvgIpc) is 2.47. The lowest BCUT2D eigenvalue weighted by Crippen LogP contribution is -1.99. The summed E-state index contributed by atoms with van der Waals surface area (Å²) in [7, 11) is 2.94. The molecule has 20 heavy (non-hydrogen) atoms. The highest BCUT2D eigenvalue weighted by atomic mass is 16.6. The quantitative estimate of drug-likeness (QED) is 0.619. The molecule has 0 aliphatic carbocycles. The molecule has 2 rings (SSSR count). The Morgan fingerprint density at radius 1 is 1.05 bits per heavy atom. The van der Waals surface area contributed by atoms with Crippen molar-refractivity contribution < 1.29 is 14.4 Å². The highest BCUT2D eigenvalue weighted by Crippen LogP contribution is 2.36. The van der Waals surface area contributed by atoms with E-state index < -0.39 is 4.92 Å². The molecule has 0 amide bonds. The van der Waals surface area contributed by atoms with Crippen LogP contribution in [0.4, 0.5) is 5.69 Å². The number of hydrogen-bond donors (Lipinski definition) is 0. The molecule has 0 spiro atoms. The SMILES string of the molecule is COc1cc([CH]c2ccccc2)c([N+](=O)[O-])cc1OC. The summed E-state index contributed by atoms with van der Waals surface area (Å²) in [4.78, 5) is 10.7. The van der Waals surface area contributed by atoms with E-state index in [2.05, 4.69) is 0 Å². The van der Waals surface area contributed by atoms with E-state index in [1.54, 1.807) is 12.5 Å². The van der Waals surface area contributed by atoms with Gasteiger partial charge in [-0.2, -0.15) is 0 Å². The van der Waals surface area contributed by atoms with Crippen LogP contribution in [0.1, 0.15) is 11.1 Å². The van der Waals surface area contributed by atoms with Crippen molar-refractivity contribution in [3.05, 3.63) is 70.1 Å². The van der Waals surface area contributed by atoms with Crippen LogP contribution in [0.3, 0.4) is 0 Å². The fourth-order valence-corrected chi connectivity index (χ4v) is 1.89. The zero-order valence-corrected chi connectivity index (χ0v) is 11.2. The zero-order valence-electron chi connectivity index (χ0n) is 11.2. The second-order valence-electron chi connectivity index (χ2n) is 4.08. The molecule has 0 saturated heterocycles. The molecule has 0 bridgehead atoms. The molecule has 5 heteroatoms. The largest absolute Gasteiger partial charge is 0.493 e. The van der Waals surface area contributed by atoms with Gasteiger partial charge in [-0.3, -0.25) is 10.1 Å². The van der Waals surface area contributed by atoms with E-state index in [4.69, 9.17) is 9.47 Å². The number of nitro benzene ring substituents is 1. The molecule has 0 saturated carbocycles. The van der Waals surface area contributed by atoms with Crippen LogP contribution < -0.4 is 9.47 Å². The van der Waals surface area contributed by atoms with Crippen LogP contribution in [-0.2, 0) is 0 Å². The van der Waals surface area contributed by atoms with Crippen LogP contribution in [0.2, 0.25) is 0 Å². The first-order chi connectivity index (χ1) is 9.65. The van der Waals surface area contributed by atoms with Gasteiger partial charge in [0.15, 0.2) is 11.5 Å². The first-order valence-electron chi connectivity index (χ1n) is 5.96. The van der Waals surface area contributed by atoms with Crippen molar-refractivity contribution in [2.24, 2.45) is 0 Å². The van der Waals surface area contributed by atoms with E-state index in [0.717, 1.165) is 5.56 Å². The molecule has 2 aromatic rings. The highest BCUT2D eigenvalue weighted by Gasteiger charge is 2.19. The van der Waals surface area contributed by atoms with Gasteiger partial charge in [0.1, 0.15) is 0 Å². The van der Waals surface area contributed by atoms with Gasteiger partial charge in [-0.25, -0.2) is 0 Å². The minimum Gasteiger partial charge on any atom is -0.493 e. The van der Waals surface area contributed by atoms with Gasteiger partial charge >= 0.3 is 0 Å². The van der Waals surface area contributed by atoms with E-state index >= 15 is 0 Å². The molecule has 0 aliphatic heterocycles. The minimum absolute atomic E-state index is 0.0218. The van der Waals surface area contributed by atoms with Gasteiger partial charge < -0.3 is 9.47 Å². The second kappa shape index (κ2) is 6.06. The number of methoxy groups -OCH3 is 2. The maximum Gasteiger partial charge on any atom is 0.277 e. The number of rotatable bonds is 5. The van der Waals surface area contributed by atoms with Crippen molar-refractivity contribution in [3.63, 3.8) is 0 Å². The van der Waals surface area contributed by atoms with E-state index in [-0.39, 0.29) is 5.69 Å². The van der Waals surface area contributed by atoms with E-state index in [9.17, 15) is 10.1 Å². The first kappa shape index (κ1) is 13.9. The third-order valence-electron chi connectivity index (χ3n) is 2.85. The summed E-state index contributed by atoms with van der Waals surface area (Å²) in [6, 6.07) is 12.4. The lowest BCUT2D eigenvalue weighted by atomic mass is 10.0. The van der Waals surface area contributed by atoms with Crippen molar-refractivity contribution in [1.29, 1.82) is 0 Å². The van der Waals surface area contributed by atoms with Crippen LogP contribution in [0, 0.1) is 16.5 Å². The molecule has 0 fully saturated rings. The van der Waals surface area contributed by atoms with Gasteiger partial charge in [-0.05, 0) is 11.6 Å². The monoisotopic (exact) mass is 272 g/mol. The minimum atomic E-state index is -0.434. The Balaban J connectivity index is 2.47. The summed E-state index contributed by atoms with van der Waals surface area (Å²) in [6.07, 6.45) is 1.74. The topological polar surface area (TPSA) is 61.6 Å². The molecule has 0 aliphatic rings. The number of nitrogens with zero attached hydrogens (tertiary/aromatic N) is 1. The van der Waals surface area contributed by atoms with Crippen molar-refractivity contribution in [1.82, 2.24) is 0 Å². The second-order valence-corrected chi connectivity index (χ2v) is 4.08. The van der Waals surface area contributed by atoms with Crippen LogP contribution >= 0.6 is 0 Å². The molecule has 0 N–H and O–H groups in total. The van der Waals surface area contributed by atoms with Gasteiger partial charge in [0.25, 0.3) is 5.69 Å². The van der Waals surface area contributed by atoms with Crippen LogP contribution in [0.5, 0.6) is 11.5 Å². The average molecular weight is 272 g/mol. The van der Waals surface area contributed by atoms with Crippen molar-refractivity contribution in [2.75, 3.05) is 14.2 Å². The Labute approximate surface area is 116 Å². The van der Waals surface area contributed by atoms with Crippen LogP contribution in [-0.4, -0.2) is 19.1 Å². The van der Waals surface area contributed by atoms with Crippen molar-refractivity contribution in [2.45, 2.75) is 0 Å². The van der Waals surface area contributed by atoms with Crippen LogP contribution in [0.15, 0.2) is 42.5 Å². The smallest absolute Gasteiger partial charge is 0.277 e. The van der Waals surface area contributed by atoms with Crippen molar-refractivity contribution >= 4 is 5.69 Å². The predicted octanol–water partition coefficient (Wildman–Crippen LogP) is 3.21. The fraction of sp³-hybridized carbons (Fsp3) is 0.133. The summed E-state index contributed by atoms with van der Waals surface area (Å²) >= 11 is 0. The van der Waals surface area contributed by atoms with E-state index in [1.807, 2.05) is 30.3 Å². The maximum absolute atomic E-state index is 11.2. The third-order valence-corrected chi connectivity index (χ3v) is 2.85. The summed E-state index contributed by atoms with van der Waals surface area (Å²) in [5.74, 6) is 0.796. The Morgan fingerprint density at radius 3 is 2.20 bits per heavy atom. The van der Waals surface area contributed by atoms with Gasteiger partial charge in [0, 0.05) is 12.0 Å².